The van der Waals surface area contributed by atoms with Crippen LogP contribution in [-0.4, -0.2) is 49.7 Å². The lowest BCUT2D eigenvalue weighted by Gasteiger charge is -2.39. The van der Waals surface area contributed by atoms with Gasteiger partial charge in [0, 0.05) is 36.4 Å². The van der Waals surface area contributed by atoms with E-state index in [9.17, 15) is 16.8 Å². The fourth-order valence-electron chi connectivity index (χ4n) is 6.24. The van der Waals surface area contributed by atoms with E-state index >= 15 is 0 Å². The van der Waals surface area contributed by atoms with Crippen LogP contribution in [0.2, 0.25) is 0 Å². The molecule has 10 heteroatoms. The fourth-order valence-corrected chi connectivity index (χ4v) is 9.15. The molecule has 3 atom stereocenters. The summed E-state index contributed by atoms with van der Waals surface area (Å²) in [5.41, 5.74) is 3.62. The highest BCUT2D eigenvalue weighted by molar-refractivity contribution is 7.90. The number of nitrogens with one attached hydrogen (secondary N) is 1. The summed E-state index contributed by atoms with van der Waals surface area (Å²) in [5.74, 6) is 0.361. The number of fused-ring (bicyclic) bond motifs is 3. The molecule has 198 valence electrons. The van der Waals surface area contributed by atoms with Crippen LogP contribution in [0.25, 0.3) is 11.0 Å². The van der Waals surface area contributed by atoms with Gasteiger partial charge >= 0.3 is 0 Å². The lowest BCUT2D eigenvalue weighted by molar-refractivity contribution is 0.427. The van der Waals surface area contributed by atoms with E-state index in [1.807, 2.05) is 19.2 Å². The van der Waals surface area contributed by atoms with E-state index in [0.717, 1.165) is 73.7 Å². The molecule has 6 rings (SSSR count). The zero-order valence-corrected chi connectivity index (χ0v) is 22.9. The van der Waals surface area contributed by atoms with Gasteiger partial charge in [-0.05, 0) is 75.1 Å². The Balaban J connectivity index is 1.37. The van der Waals surface area contributed by atoms with Gasteiger partial charge in [-0.25, -0.2) is 30.5 Å². The first-order chi connectivity index (χ1) is 17.7. The highest BCUT2D eigenvalue weighted by atomic mass is 32.2. The molecule has 0 bridgehead atoms. The number of hydrogen-bond donors (Lipinski definition) is 1. The third-order valence-corrected chi connectivity index (χ3v) is 12.0. The number of hydrogen-bond acceptors (Lipinski definition) is 6. The second kappa shape index (κ2) is 9.10. The summed E-state index contributed by atoms with van der Waals surface area (Å²) in [6.07, 6.45) is 9.40. The topological polar surface area (TPSA) is 101 Å². The summed E-state index contributed by atoms with van der Waals surface area (Å²) in [7, 11) is -7.03. The minimum Gasteiger partial charge on any atom is -0.367 e. The number of aromatic nitrogens is 2. The summed E-state index contributed by atoms with van der Waals surface area (Å²) in [6, 6.07) is 8.87. The Morgan fingerprint density at radius 1 is 1.05 bits per heavy atom. The van der Waals surface area contributed by atoms with Crippen molar-refractivity contribution < 1.29 is 16.8 Å². The fraction of sp³-hybridized carbons (Fsp3) is 0.519. The van der Waals surface area contributed by atoms with Crippen LogP contribution >= 0.6 is 0 Å². The minimum atomic E-state index is -3.79. The van der Waals surface area contributed by atoms with Crippen LogP contribution in [0.4, 0.5) is 5.69 Å². The van der Waals surface area contributed by atoms with E-state index in [2.05, 4.69) is 21.5 Å². The van der Waals surface area contributed by atoms with Crippen molar-refractivity contribution in [3.05, 3.63) is 53.9 Å². The largest absolute Gasteiger partial charge is 0.367 e. The monoisotopic (exact) mass is 542 g/mol. The number of pyridine rings is 1. The highest BCUT2D eigenvalue weighted by Gasteiger charge is 2.43. The zero-order valence-electron chi connectivity index (χ0n) is 21.3. The smallest absolute Gasteiger partial charge is 0.269 e. The average Bonchev–Trinajstić information content (AvgIpc) is 3.53. The van der Waals surface area contributed by atoms with Gasteiger partial charge in [-0.15, -0.1) is 0 Å². The predicted molar refractivity (Wildman–Crippen MR) is 145 cm³/mol. The van der Waals surface area contributed by atoms with Gasteiger partial charge in [0.05, 0.1) is 15.8 Å². The van der Waals surface area contributed by atoms with Gasteiger partial charge in [0.1, 0.15) is 0 Å². The van der Waals surface area contributed by atoms with Crippen molar-refractivity contribution >= 4 is 36.8 Å². The summed E-state index contributed by atoms with van der Waals surface area (Å²) in [4.78, 5) is 7.28. The van der Waals surface area contributed by atoms with Crippen LogP contribution in [0.1, 0.15) is 56.6 Å². The number of benzene rings is 1. The molecule has 3 heterocycles. The average molecular weight is 543 g/mol. The number of anilines is 1. The Morgan fingerprint density at radius 3 is 2.51 bits per heavy atom. The Kier molecular flexibility index (Phi) is 6.12. The normalized spacial score (nSPS) is 24.5. The summed E-state index contributed by atoms with van der Waals surface area (Å²) < 4.78 is 56.6. The molecule has 0 spiro atoms. The summed E-state index contributed by atoms with van der Waals surface area (Å²) in [5, 5.41) is 0.619. The van der Waals surface area contributed by atoms with Crippen LogP contribution in [0.5, 0.6) is 0 Å². The van der Waals surface area contributed by atoms with Gasteiger partial charge in [0.15, 0.2) is 5.65 Å². The molecule has 0 saturated heterocycles. The molecule has 0 radical (unpaired) electrons. The molecule has 2 aromatic heterocycles. The Labute approximate surface area is 219 Å². The summed E-state index contributed by atoms with van der Waals surface area (Å²) in [6.45, 7) is 4.97. The first-order valence-electron chi connectivity index (χ1n) is 13.3. The van der Waals surface area contributed by atoms with Crippen molar-refractivity contribution in [2.75, 3.05) is 11.4 Å². The molecule has 2 fully saturated rings. The van der Waals surface area contributed by atoms with Crippen LogP contribution in [0.3, 0.4) is 0 Å². The van der Waals surface area contributed by atoms with Crippen LogP contribution in [-0.2, 0) is 26.5 Å². The second-order valence-corrected chi connectivity index (χ2v) is 14.7. The molecular formula is C27H34N4O4S2. The summed E-state index contributed by atoms with van der Waals surface area (Å²) >= 11 is 0. The second-order valence-electron chi connectivity index (χ2n) is 10.9. The molecule has 3 aliphatic rings. The first-order valence-corrected chi connectivity index (χ1v) is 16.3. The molecule has 1 aromatic carbocycles. The molecule has 2 aliphatic carbocycles. The number of rotatable bonds is 7. The van der Waals surface area contributed by atoms with E-state index < -0.39 is 20.0 Å². The van der Waals surface area contributed by atoms with Gasteiger partial charge in [-0.2, -0.15) is 0 Å². The Morgan fingerprint density at radius 2 is 1.81 bits per heavy atom. The van der Waals surface area contributed by atoms with Crippen LogP contribution < -0.4 is 9.62 Å². The van der Waals surface area contributed by atoms with Gasteiger partial charge in [-0.1, -0.05) is 31.0 Å². The number of aryl methyl sites for hydroxylation is 2. The predicted octanol–water partition coefficient (Wildman–Crippen LogP) is 3.97. The third-order valence-electron chi connectivity index (χ3n) is 8.31. The van der Waals surface area contributed by atoms with Crippen molar-refractivity contribution in [1.29, 1.82) is 0 Å². The van der Waals surface area contributed by atoms with E-state index in [0.29, 0.717) is 11.6 Å². The maximum absolute atomic E-state index is 13.5. The van der Waals surface area contributed by atoms with E-state index in [-0.39, 0.29) is 22.2 Å². The third kappa shape index (κ3) is 4.36. The van der Waals surface area contributed by atoms with Crippen molar-refractivity contribution in [2.45, 2.75) is 81.0 Å². The highest BCUT2D eigenvalue weighted by Crippen LogP contribution is 2.42. The number of nitrogens with zero attached hydrogens (tertiary/aromatic N) is 3. The molecule has 0 amide bonds. The Hall–Kier alpha value is -2.43. The Bertz CT molecular complexity index is 1540. The molecule has 2 saturated carbocycles. The van der Waals surface area contributed by atoms with Crippen molar-refractivity contribution in [3.63, 3.8) is 0 Å². The molecule has 8 nitrogen and oxygen atoms in total. The molecule has 3 aromatic rings. The first kappa shape index (κ1) is 24.9. The van der Waals surface area contributed by atoms with E-state index in [1.54, 1.807) is 30.5 Å². The molecule has 1 aliphatic heterocycles. The lowest BCUT2D eigenvalue weighted by atomic mass is 9.94. The van der Waals surface area contributed by atoms with Crippen LogP contribution in [0.15, 0.2) is 47.6 Å². The standard InChI is InChI=1S/C27H34N4O4S2/c1-3-19-15-21(29-36(32,33)22-10-11-22)16-25(19)30-13-4-5-20-17-28-27-24(26(20)30)12-14-31(27)37(34,35)23-8-6-18(2)7-9-23/h6-9,12,14,17,19,21-22,25,29H,3-5,10-11,13,15-16H2,1-2H3/t19-,21+,25+/m1/s1. The molecule has 1 N–H and O–H groups in total. The maximum Gasteiger partial charge on any atom is 0.269 e. The quantitative estimate of drug-likeness (QED) is 0.485. The minimum absolute atomic E-state index is 0.0604. The lowest BCUT2D eigenvalue weighted by Crippen LogP contribution is -2.42. The van der Waals surface area contributed by atoms with Crippen LogP contribution in [0, 0.1) is 12.8 Å². The van der Waals surface area contributed by atoms with Gasteiger partial charge in [0.25, 0.3) is 10.0 Å². The van der Waals surface area contributed by atoms with Crippen molar-refractivity contribution in [2.24, 2.45) is 5.92 Å². The van der Waals surface area contributed by atoms with E-state index in [1.165, 1.54) is 3.97 Å². The van der Waals surface area contributed by atoms with E-state index in [4.69, 9.17) is 0 Å². The zero-order chi connectivity index (χ0) is 25.9. The SMILES string of the molecule is CC[C@@H]1C[C@H](NS(=O)(=O)C2CC2)C[C@@H]1N1CCCc2cnc3c(ccn3S(=O)(=O)c3ccc(C)cc3)c21. The van der Waals surface area contributed by atoms with Gasteiger partial charge in [-0.3, -0.25) is 0 Å². The number of sulfonamides is 1. The maximum atomic E-state index is 13.5. The van der Waals surface area contributed by atoms with Gasteiger partial charge in [0.2, 0.25) is 10.0 Å². The van der Waals surface area contributed by atoms with Gasteiger partial charge < -0.3 is 4.90 Å². The molecule has 0 unspecified atom stereocenters. The van der Waals surface area contributed by atoms with Crippen molar-refractivity contribution in [1.82, 2.24) is 13.7 Å². The molecular weight excluding hydrogens is 508 g/mol. The molecule has 37 heavy (non-hydrogen) atoms. The van der Waals surface area contributed by atoms with Crippen molar-refractivity contribution in [3.8, 4) is 0 Å².